The standard InChI is InChI=1S/C5H13N3/c1-2-8-4-3-5(6)7/h8H,2-4H2,1H3,(H3,6,7). The molecule has 0 bridgehead atoms. The van der Waals surface area contributed by atoms with E-state index in [1.807, 2.05) is 6.92 Å². The topological polar surface area (TPSA) is 61.9 Å². The molecule has 0 atom stereocenters. The molecule has 0 unspecified atom stereocenters. The molecule has 4 N–H and O–H groups in total. The van der Waals surface area contributed by atoms with Crippen molar-refractivity contribution >= 4 is 5.84 Å². The maximum absolute atomic E-state index is 6.81. The lowest BCUT2D eigenvalue weighted by Crippen LogP contribution is -2.20. The summed E-state index contributed by atoms with van der Waals surface area (Å²) in [6, 6.07) is 0. The van der Waals surface area contributed by atoms with E-state index in [9.17, 15) is 0 Å². The van der Waals surface area contributed by atoms with E-state index < -0.39 is 0 Å². The minimum Gasteiger partial charge on any atom is -0.388 e. The maximum atomic E-state index is 6.81. The molecule has 0 aliphatic carbocycles. The molecular formula is C5H13N3. The SMILES string of the molecule is CCNCCC(=N)N. The Morgan fingerprint density at radius 2 is 2.38 bits per heavy atom. The van der Waals surface area contributed by atoms with Crippen LogP contribution >= 0.6 is 0 Å². The van der Waals surface area contributed by atoms with Gasteiger partial charge in [0.1, 0.15) is 0 Å². The smallest absolute Gasteiger partial charge is 0.0918 e. The maximum Gasteiger partial charge on any atom is 0.0918 e. The van der Waals surface area contributed by atoms with Crippen LogP contribution in [-0.2, 0) is 0 Å². The lowest BCUT2D eigenvalue weighted by atomic mass is 10.4. The molecule has 0 saturated heterocycles. The Kier molecular flexibility index (Phi) is 4.26. The Balaban J connectivity index is 2.82. The van der Waals surface area contributed by atoms with Gasteiger partial charge in [0.05, 0.1) is 5.84 Å². The largest absolute Gasteiger partial charge is 0.388 e. The van der Waals surface area contributed by atoms with Crippen LogP contribution in [0.25, 0.3) is 0 Å². The van der Waals surface area contributed by atoms with Gasteiger partial charge >= 0.3 is 0 Å². The van der Waals surface area contributed by atoms with Crippen molar-refractivity contribution in [1.29, 1.82) is 5.41 Å². The van der Waals surface area contributed by atoms with Crippen LogP contribution in [0.3, 0.4) is 0 Å². The van der Waals surface area contributed by atoms with Crippen molar-refractivity contribution < 1.29 is 0 Å². The van der Waals surface area contributed by atoms with Crippen molar-refractivity contribution in [2.75, 3.05) is 13.1 Å². The molecular weight excluding hydrogens is 102 g/mol. The molecule has 0 aliphatic rings. The molecule has 0 aromatic heterocycles. The summed E-state index contributed by atoms with van der Waals surface area (Å²) in [6.07, 6.45) is 0.661. The third-order valence-corrected chi connectivity index (χ3v) is 0.821. The van der Waals surface area contributed by atoms with E-state index in [4.69, 9.17) is 11.1 Å². The van der Waals surface area contributed by atoms with Gasteiger partial charge in [-0.05, 0) is 6.54 Å². The van der Waals surface area contributed by atoms with E-state index in [0.717, 1.165) is 13.1 Å². The van der Waals surface area contributed by atoms with E-state index in [0.29, 0.717) is 6.42 Å². The Morgan fingerprint density at radius 1 is 1.75 bits per heavy atom. The van der Waals surface area contributed by atoms with Crippen LogP contribution in [0, 0.1) is 5.41 Å². The first kappa shape index (κ1) is 7.43. The molecule has 0 fully saturated rings. The lowest BCUT2D eigenvalue weighted by molar-refractivity contribution is 0.734. The third-order valence-electron chi connectivity index (χ3n) is 0.821. The van der Waals surface area contributed by atoms with Crippen LogP contribution < -0.4 is 11.1 Å². The summed E-state index contributed by atoms with van der Waals surface area (Å²) in [5, 5.41) is 9.87. The zero-order valence-corrected chi connectivity index (χ0v) is 5.20. The zero-order valence-electron chi connectivity index (χ0n) is 5.20. The highest BCUT2D eigenvalue weighted by Gasteiger charge is 1.85. The summed E-state index contributed by atoms with van der Waals surface area (Å²) < 4.78 is 0. The normalized spacial score (nSPS) is 9.12. The van der Waals surface area contributed by atoms with Crippen LogP contribution in [0.5, 0.6) is 0 Å². The van der Waals surface area contributed by atoms with Crippen LogP contribution in [0.15, 0.2) is 0 Å². The van der Waals surface area contributed by atoms with Gasteiger partial charge in [0.25, 0.3) is 0 Å². The Hall–Kier alpha value is -0.570. The summed E-state index contributed by atoms with van der Waals surface area (Å²) in [5.41, 5.74) is 5.08. The number of hydrogen-bond acceptors (Lipinski definition) is 2. The summed E-state index contributed by atoms with van der Waals surface area (Å²) >= 11 is 0. The van der Waals surface area contributed by atoms with Crippen LogP contribution in [0.2, 0.25) is 0 Å². The van der Waals surface area contributed by atoms with Gasteiger partial charge in [-0.15, -0.1) is 0 Å². The molecule has 0 radical (unpaired) electrons. The molecule has 0 aromatic carbocycles. The monoisotopic (exact) mass is 115 g/mol. The first-order chi connectivity index (χ1) is 3.77. The number of nitrogens with one attached hydrogen (secondary N) is 2. The summed E-state index contributed by atoms with van der Waals surface area (Å²) in [6.45, 7) is 3.80. The molecule has 0 aliphatic heterocycles. The highest BCUT2D eigenvalue weighted by molar-refractivity contribution is 5.76. The molecule has 0 rings (SSSR count). The van der Waals surface area contributed by atoms with Crippen molar-refractivity contribution in [2.45, 2.75) is 13.3 Å². The minimum atomic E-state index is 0.256. The highest BCUT2D eigenvalue weighted by atomic mass is 14.8. The van der Waals surface area contributed by atoms with Crippen molar-refractivity contribution in [1.82, 2.24) is 5.32 Å². The van der Waals surface area contributed by atoms with Crippen molar-refractivity contribution in [3.8, 4) is 0 Å². The molecule has 0 heterocycles. The molecule has 3 heteroatoms. The number of rotatable bonds is 4. The van der Waals surface area contributed by atoms with Gasteiger partial charge in [-0.1, -0.05) is 6.92 Å². The predicted octanol–water partition coefficient (Wildman–Crippen LogP) is -0.0780. The van der Waals surface area contributed by atoms with Crippen LogP contribution in [-0.4, -0.2) is 18.9 Å². The van der Waals surface area contributed by atoms with Gasteiger partial charge in [0.2, 0.25) is 0 Å². The molecule has 48 valence electrons. The van der Waals surface area contributed by atoms with Gasteiger partial charge in [-0.3, -0.25) is 5.41 Å². The Bertz CT molecular complexity index is 70.1. The van der Waals surface area contributed by atoms with E-state index >= 15 is 0 Å². The fourth-order valence-electron chi connectivity index (χ4n) is 0.400. The van der Waals surface area contributed by atoms with Crippen molar-refractivity contribution in [3.63, 3.8) is 0 Å². The quantitative estimate of drug-likeness (QED) is 0.273. The highest BCUT2D eigenvalue weighted by Crippen LogP contribution is 1.70. The second-order valence-electron chi connectivity index (χ2n) is 1.63. The van der Waals surface area contributed by atoms with Crippen LogP contribution in [0.4, 0.5) is 0 Å². The van der Waals surface area contributed by atoms with Gasteiger partial charge in [0.15, 0.2) is 0 Å². The van der Waals surface area contributed by atoms with Crippen molar-refractivity contribution in [3.05, 3.63) is 0 Å². The van der Waals surface area contributed by atoms with Gasteiger partial charge in [-0.2, -0.15) is 0 Å². The third kappa shape index (κ3) is 5.43. The van der Waals surface area contributed by atoms with Crippen molar-refractivity contribution in [2.24, 2.45) is 5.73 Å². The summed E-state index contributed by atoms with van der Waals surface area (Å²) in [7, 11) is 0. The molecule has 0 amide bonds. The van der Waals surface area contributed by atoms with E-state index in [2.05, 4.69) is 5.32 Å². The minimum absolute atomic E-state index is 0.256. The lowest BCUT2D eigenvalue weighted by Gasteiger charge is -1.96. The second-order valence-corrected chi connectivity index (χ2v) is 1.63. The second kappa shape index (κ2) is 4.59. The molecule has 0 aromatic rings. The average Bonchev–Trinajstić information content (AvgIpc) is 1.66. The molecule has 0 spiro atoms. The van der Waals surface area contributed by atoms with E-state index in [1.54, 1.807) is 0 Å². The number of amidine groups is 1. The number of hydrogen-bond donors (Lipinski definition) is 3. The van der Waals surface area contributed by atoms with E-state index in [-0.39, 0.29) is 5.84 Å². The Labute approximate surface area is 49.8 Å². The van der Waals surface area contributed by atoms with Crippen LogP contribution in [0.1, 0.15) is 13.3 Å². The number of nitrogens with two attached hydrogens (primary N) is 1. The first-order valence-electron chi connectivity index (χ1n) is 2.81. The fourth-order valence-corrected chi connectivity index (χ4v) is 0.400. The predicted molar refractivity (Wildman–Crippen MR) is 35.1 cm³/mol. The van der Waals surface area contributed by atoms with E-state index in [1.165, 1.54) is 0 Å². The molecule has 8 heavy (non-hydrogen) atoms. The Morgan fingerprint density at radius 3 is 2.75 bits per heavy atom. The van der Waals surface area contributed by atoms with Gasteiger partial charge in [0, 0.05) is 13.0 Å². The van der Waals surface area contributed by atoms with Gasteiger partial charge in [-0.25, -0.2) is 0 Å². The fraction of sp³-hybridized carbons (Fsp3) is 0.800. The molecule has 0 saturated carbocycles. The summed E-state index contributed by atoms with van der Waals surface area (Å²) in [4.78, 5) is 0. The summed E-state index contributed by atoms with van der Waals surface area (Å²) in [5.74, 6) is 0.256. The first-order valence-corrected chi connectivity index (χ1v) is 2.81. The zero-order chi connectivity index (χ0) is 6.41. The molecule has 3 nitrogen and oxygen atoms in total. The average molecular weight is 115 g/mol. The van der Waals surface area contributed by atoms with Gasteiger partial charge < -0.3 is 11.1 Å².